The second-order valence-electron chi connectivity index (χ2n) is 2.23. The maximum absolute atomic E-state index is 11.8. The highest BCUT2D eigenvalue weighted by Crippen LogP contribution is 2.27. The van der Waals surface area contributed by atoms with E-state index in [0.29, 0.717) is 0 Å². The summed E-state index contributed by atoms with van der Waals surface area (Å²) < 4.78 is 59.7. The number of halogens is 3. The van der Waals surface area contributed by atoms with Gasteiger partial charge in [-0.05, 0) is 23.2 Å². The third-order valence-corrected chi connectivity index (χ3v) is 1.95. The fourth-order valence-corrected chi connectivity index (χ4v) is 1.26. The monoisotopic (exact) mass is 225 g/mol. The van der Waals surface area contributed by atoms with E-state index >= 15 is 0 Å². The molecule has 0 saturated carbocycles. The van der Waals surface area contributed by atoms with E-state index in [1.54, 1.807) is 0 Å². The molecule has 1 aromatic carbocycles. The minimum atomic E-state index is -4.89. The van der Waals surface area contributed by atoms with E-state index in [2.05, 4.69) is 4.74 Å². The molecule has 0 aliphatic carbocycles. The van der Waals surface area contributed by atoms with Gasteiger partial charge >= 0.3 is 6.36 Å². The lowest BCUT2D eigenvalue weighted by Crippen LogP contribution is -2.18. The number of ether oxygens (including phenoxy) is 1. The van der Waals surface area contributed by atoms with Crippen LogP contribution >= 0.6 is 0 Å². The molecule has 1 unspecified atom stereocenters. The molecule has 0 aromatic heterocycles. The van der Waals surface area contributed by atoms with Gasteiger partial charge in [-0.25, -0.2) is 0 Å². The van der Waals surface area contributed by atoms with Gasteiger partial charge in [-0.2, -0.15) is 0 Å². The summed E-state index contributed by atoms with van der Waals surface area (Å²) in [6.07, 6.45) is -4.89. The Kier molecular flexibility index (Phi) is 3.12. The second-order valence-corrected chi connectivity index (χ2v) is 3.14. The summed E-state index contributed by atoms with van der Waals surface area (Å²) in [4.78, 5) is -0.523. The van der Waals surface area contributed by atoms with Crippen molar-refractivity contribution in [3.8, 4) is 5.75 Å². The topological polar surface area (TPSA) is 49.4 Å². The Labute approximate surface area is 79.8 Å². The average Bonchev–Trinajstić information content (AvgIpc) is 2.01. The third kappa shape index (κ3) is 3.00. The zero-order valence-corrected chi connectivity index (χ0v) is 7.39. The van der Waals surface area contributed by atoms with Crippen molar-refractivity contribution in [1.29, 1.82) is 0 Å². The molecule has 0 aliphatic rings. The number of benzene rings is 1. The lowest BCUT2D eigenvalue weighted by Gasteiger charge is -2.13. The molecular formula is C7H4F3O3S-. The first-order chi connectivity index (χ1) is 6.40. The molecule has 3 nitrogen and oxygen atoms in total. The first-order valence-corrected chi connectivity index (χ1v) is 4.41. The quantitative estimate of drug-likeness (QED) is 0.721. The predicted molar refractivity (Wildman–Crippen MR) is 40.3 cm³/mol. The van der Waals surface area contributed by atoms with Crippen molar-refractivity contribution >= 4 is 11.1 Å². The molecule has 0 bridgehead atoms. The highest BCUT2D eigenvalue weighted by Gasteiger charge is 2.32. The molecule has 14 heavy (non-hydrogen) atoms. The Hall–Kier alpha value is -1.08. The van der Waals surface area contributed by atoms with Crippen LogP contribution in [0.15, 0.2) is 29.2 Å². The zero-order chi connectivity index (χ0) is 10.8. The highest BCUT2D eigenvalue weighted by atomic mass is 32.2. The summed E-state index contributed by atoms with van der Waals surface area (Å²) in [5.41, 5.74) is 0. The van der Waals surface area contributed by atoms with E-state index in [-0.39, 0.29) is 0 Å². The second kappa shape index (κ2) is 3.97. The van der Waals surface area contributed by atoms with Crippen LogP contribution in [0.3, 0.4) is 0 Å². The molecular weight excluding hydrogens is 221 g/mol. The number of hydrogen-bond acceptors (Lipinski definition) is 3. The average molecular weight is 225 g/mol. The lowest BCUT2D eigenvalue weighted by molar-refractivity contribution is -0.275. The van der Waals surface area contributed by atoms with Gasteiger partial charge in [0.05, 0.1) is 4.90 Å². The first kappa shape index (κ1) is 11.0. The highest BCUT2D eigenvalue weighted by molar-refractivity contribution is 7.79. The van der Waals surface area contributed by atoms with Crippen molar-refractivity contribution in [2.75, 3.05) is 0 Å². The van der Waals surface area contributed by atoms with Crippen LogP contribution < -0.4 is 4.74 Å². The molecule has 78 valence electrons. The summed E-state index contributed by atoms with van der Waals surface area (Å²) in [5.74, 6) is -0.728. The molecule has 0 aliphatic heterocycles. The van der Waals surface area contributed by atoms with Gasteiger partial charge in [-0.3, -0.25) is 4.21 Å². The zero-order valence-electron chi connectivity index (χ0n) is 6.58. The van der Waals surface area contributed by atoms with Gasteiger partial charge in [-0.15, -0.1) is 13.2 Å². The van der Waals surface area contributed by atoms with Crippen molar-refractivity contribution in [3.63, 3.8) is 0 Å². The molecule has 0 fully saturated rings. The number of rotatable bonds is 2. The summed E-state index contributed by atoms with van der Waals surface area (Å²) in [6, 6.07) is 4.49. The summed E-state index contributed by atoms with van der Waals surface area (Å²) in [5, 5.41) is 0. The van der Waals surface area contributed by atoms with E-state index < -0.39 is 28.1 Å². The number of hydrogen-bond donors (Lipinski definition) is 0. The predicted octanol–water partition coefficient (Wildman–Crippen LogP) is 1.82. The van der Waals surface area contributed by atoms with Crippen molar-refractivity contribution in [2.45, 2.75) is 11.3 Å². The van der Waals surface area contributed by atoms with Crippen molar-refractivity contribution in [1.82, 2.24) is 0 Å². The normalized spacial score (nSPS) is 13.7. The fourth-order valence-electron chi connectivity index (χ4n) is 0.797. The van der Waals surface area contributed by atoms with Crippen molar-refractivity contribution < 1.29 is 26.7 Å². The molecule has 0 heterocycles. The van der Waals surface area contributed by atoms with Crippen LogP contribution in [-0.4, -0.2) is 15.1 Å². The Bertz CT molecular complexity index is 350. The summed E-state index contributed by atoms with van der Waals surface area (Å²) >= 11 is -2.75. The van der Waals surface area contributed by atoms with Crippen LogP contribution in [-0.2, 0) is 11.1 Å². The van der Waals surface area contributed by atoms with Gasteiger partial charge in [-0.1, -0.05) is 12.1 Å². The van der Waals surface area contributed by atoms with E-state index in [1.807, 2.05) is 0 Å². The molecule has 1 rings (SSSR count). The maximum Gasteiger partial charge on any atom is 0.573 e. The third-order valence-electron chi connectivity index (χ3n) is 1.25. The first-order valence-electron chi connectivity index (χ1n) is 3.34. The lowest BCUT2D eigenvalue weighted by atomic mass is 10.3. The molecule has 0 amide bonds. The van der Waals surface area contributed by atoms with Gasteiger partial charge < -0.3 is 9.29 Å². The number of alkyl halides is 3. The molecule has 7 heteroatoms. The van der Waals surface area contributed by atoms with Crippen LogP contribution in [0.1, 0.15) is 0 Å². The van der Waals surface area contributed by atoms with Gasteiger partial charge in [0.15, 0.2) is 0 Å². The van der Waals surface area contributed by atoms with E-state index in [1.165, 1.54) is 12.1 Å². The van der Waals surface area contributed by atoms with Crippen LogP contribution in [0.5, 0.6) is 5.75 Å². The molecule has 0 radical (unpaired) electrons. The Morgan fingerprint density at radius 2 is 1.86 bits per heavy atom. The van der Waals surface area contributed by atoms with Crippen LogP contribution in [0, 0.1) is 0 Å². The van der Waals surface area contributed by atoms with Crippen LogP contribution in [0.25, 0.3) is 0 Å². The van der Waals surface area contributed by atoms with Crippen LogP contribution in [0.4, 0.5) is 13.2 Å². The Morgan fingerprint density at radius 3 is 2.36 bits per heavy atom. The van der Waals surface area contributed by atoms with Crippen LogP contribution in [0.2, 0.25) is 0 Å². The minimum Gasteiger partial charge on any atom is -0.768 e. The summed E-state index contributed by atoms with van der Waals surface area (Å²) in [7, 11) is 0. The van der Waals surface area contributed by atoms with E-state index in [9.17, 15) is 21.9 Å². The molecule has 1 atom stereocenters. The summed E-state index contributed by atoms with van der Waals surface area (Å²) in [6.45, 7) is 0. The van der Waals surface area contributed by atoms with Gasteiger partial charge in [0.25, 0.3) is 0 Å². The Balaban J connectivity index is 3.02. The standard InChI is InChI=1S/C7H5F3O3S/c8-7(9,10)13-5-3-1-2-4-6(5)14(11)12/h1-4H,(H,11,12)/p-1. The Morgan fingerprint density at radius 1 is 1.29 bits per heavy atom. The minimum absolute atomic E-state index is 0.523. The maximum atomic E-state index is 11.8. The van der Waals surface area contributed by atoms with E-state index in [0.717, 1.165) is 12.1 Å². The largest absolute Gasteiger partial charge is 0.768 e. The molecule has 0 spiro atoms. The van der Waals surface area contributed by atoms with Gasteiger partial charge in [0.2, 0.25) is 0 Å². The molecule has 0 saturated heterocycles. The smallest absolute Gasteiger partial charge is 0.573 e. The fraction of sp³-hybridized carbons (Fsp3) is 0.143. The molecule has 1 aromatic rings. The van der Waals surface area contributed by atoms with Crippen molar-refractivity contribution in [2.24, 2.45) is 0 Å². The van der Waals surface area contributed by atoms with E-state index in [4.69, 9.17) is 0 Å². The van der Waals surface area contributed by atoms with Gasteiger partial charge in [0.1, 0.15) is 5.75 Å². The number of para-hydroxylation sites is 1. The SMILES string of the molecule is O=S([O-])c1ccccc1OC(F)(F)F. The van der Waals surface area contributed by atoms with Crippen molar-refractivity contribution in [3.05, 3.63) is 24.3 Å². The molecule has 0 N–H and O–H groups in total. The van der Waals surface area contributed by atoms with Gasteiger partial charge in [0, 0.05) is 0 Å².